The van der Waals surface area contributed by atoms with Gasteiger partial charge in [0, 0.05) is 27.2 Å². The summed E-state index contributed by atoms with van der Waals surface area (Å²) in [4.78, 5) is 3.73. The van der Waals surface area contributed by atoms with E-state index in [-0.39, 0.29) is 0 Å². The van der Waals surface area contributed by atoms with Crippen molar-refractivity contribution in [3.63, 3.8) is 0 Å². The molecule has 0 fully saturated rings. The molecule has 0 radical (unpaired) electrons. The topological polar surface area (TPSA) is 38.0 Å². The van der Waals surface area contributed by atoms with Gasteiger partial charge in [-0.25, -0.2) is 4.85 Å². The highest BCUT2D eigenvalue weighted by molar-refractivity contribution is 6.15. The summed E-state index contributed by atoms with van der Waals surface area (Å²) < 4.78 is 4.67. The first kappa shape index (κ1) is 23.8. The summed E-state index contributed by atoms with van der Waals surface area (Å²) in [5, 5.41) is 14.2. The minimum atomic E-state index is 0.648. The number of hydrogen-bond donors (Lipinski definition) is 0. The van der Waals surface area contributed by atoms with Crippen molar-refractivity contribution in [2.45, 2.75) is 0 Å². The van der Waals surface area contributed by atoms with Gasteiger partial charge >= 0.3 is 0 Å². The summed E-state index contributed by atoms with van der Waals surface area (Å²) in [7, 11) is 0. The van der Waals surface area contributed by atoms with Gasteiger partial charge in [-0.2, -0.15) is 5.26 Å². The minimum absolute atomic E-state index is 0.648. The van der Waals surface area contributed by atoms with Crippen LogP contribution in [0.3, 0.4) is 0 Å². The van der Waals surface area contributed by atoms with Crippen LogP contribution in [-0.2, 0) is 0 Å². The Morgan fingerprint density at radius 3 is 1.98 bits per heavy atom. The van der Waals surface area contributed by atoms with Crippen LogP contribution in [0.15, 0.2) is 133 Å². The summed E-state index contributed by atoms with van der Waals surface area (Å²) in [6, 6.07) is 47.9. The van der Waals surface area contributed by atoms with Gasteiger partial charge in [-0.15, -0.1) is 0 Å². The molecular formula is C38H22N4. The number of benzene rings is 6. The molecule has 0 N–H and O–H groups in total. The van der Waals surface area contributed by atoms with Crippen LogP contribution in [0.4, 0.5) is 5.69 Å². The number of fused-ring (bicyclic) bond motifs is 6. The smallest absolute Gasteiger partial charge is 0.194 e. The number of hydrogen-bond acceptors (Lipinski definition) is 1. The Balaban J connectivity index is 1.45. The van der Waals surface area contributed by atoms with E-state index >= 15 is 0 Å². The number of nitrogens with zero attached hydrogens (tertiary/aromatic N) is 4. The number of para-hydroxylation sites is 4. The quantitative estimate of drug-likeness (QED) is 0.208. The highest BCUT2D eigenvalue weighted by Crippen LogP contribution is 2.40. The van der Waals surface area contributed by atoms with Crippen molar-refractivity contribution in [1.29, 1.82) is 5.26 Å². The van der Waals surface area contributed by atoms with E-state index in [4.69, 9.17) is 6.57 Å². The van der Waals surface area contributed by atoms with Crippen molar-refractivity contribution >= 4 is 49.3 Å². The third-order valence-corrected chi connectivity index (χ3v) is 8.18. The number of aromatic nitrogens is 2. The van der Waals surface area contributed by atoms with Crippen molar-refractivity contribution < 1.29 is 0 Å². The van der Waals surface area contributed by atoms with E-state index in [1.54, 1.807) is 0 Å². The molecule has 0 saturated carbocycles. The van der Waals surface area contributed by atoms with E-state index in [2.05, 4.69) is 117 Å². The minimum Gasteiger partial charge on any atom is -0.307 e. The van der Waals surface area contributed by atoms with Crippen molar-refractivity contribution in [2.75, 3.05) is 0 Å². The lowest BCUT2D eigenvalue weighted by Gasteiger charge is -2.15. The standard InChI is InChI=1S/C38H22N4/c1-40-33-13-5-2-9-28(33)26-18-20-27(21-19-26)41-34-14-6-3-10-29(34)31-12-8-16-37(38(31)41)42-35-15-7-4-11-30(35)32-23-25(24-39)17-22-36(32)42/h2-23H. The second-order valence-electron chi connectivity index (χ2n) is 10.4. The third kappa shape index (κ3) is 3.40. The van der Waals surface area contributed by atoms with Crippen molar-refractivity contribution in [1.82, 2.24) is 9.13 Å². The van der Waals surface area contributed by atoms with E-state index < -0.39 is 0 Å². The molecule has 0 aliphatic heterocycles. The third-order valence-electron chi connectivity index (χ3n) is 8.18. The largest absolute Gasteiger partial charge is 0.307 e. The highest BCUT2D eigenvalue weighted by atomic mass is 15.1. The van der Waals surface area contributed by atoms with Crippen molar-refractivity contribution in [3.8, 4) is 28.6 Å². The summed E-state index contributed by atoms with van der Waals surface area (Å²) in [6.45, 7) is 7.60. The van der Waals surface area contributed by atoms with Crippen LogP contribution in [0.1, 0.15) is 5.56 Å². The van der Waals surface area contributed by atoms with Crippen LogP contribution in [0.2, 0.25) is 0 Å². The number of rotatable bonds is 3. The Morgan fingerprint density at radius 2 is 1.21 bits per heavy atom. The van der Waals surface area contributed by atoms with Gasteiger partial charge in [-0.05, 0) is 59.7 Å². The van der Waals surface area contributed by atoms with Gasteiger partial charge in [0.25, 0.3) is 0 Å². The molecule has 4 heteroatoms. The second-order valence-corrected chi connectivity index (χ2v) is 10.4. The maximum Gasteiger partial charge on any atom is 0.194 e. The molecular weight excluding hydrogens is 512 g/mol. The van der Waals surface area contributed by atoms with E-state index in [1.165, 1.54) is 10.8 Å². The molecule has 6 aromatic carbocycles. The molecule has 0 amide bonds. The van der Waals surface area contributed by atoms with E-state index in [0.717, 1.165) is 55.3 Å². The maximum atomic E-state index is 9.62. The van der Waals surface area contributed by atoms with Crippen LogP contribution in [0.25, 0.3) is 71.0 Å². The molecule has 0 spiro atoms. The molecule has 4 nitrogen and oxygen atoms in total. The summed E-state index contributed by atoms with van der Waals surface area (Å²) in [5.41, 5.74) is 9.76. The van der Waals surface area contributed by atoms with Crippen LogP contribution in [0, 0.1) is 17.9 Å². The lowest BCUT2D eigenvalue weighted by Crippen LogP contribution is -2.00. The average molecular weight is 535 g/mol. The first-order chi connectivity index (χ1) is 20.8. The molecule has 42 heavy (non-hydrogen) atoms. The summed E-state index contributed by atoms with van der Waals surface area (Å²) in [6.07, 6.45) is 0. The molecule has 0 aliphatic rings. The van der Waals surface area contributed by atoms with Crippen LogP contribution < -0.4 is 0 Å². The zero-order valence-corrected chi connectivity index (χ0v) is 22.5. The lowest BCUT2D eigenvalue weighted by atomic mass is 10.0. The van der Waals surface area contributed by atoms with Gasteiger partial charge in [-0.1, -0.05) is 84.9 Å². The molecule has 2 heterocycles. The Morgan fingerprint density at radius 1 is 0.571 bits per heavy atom. The molecule has 0 bridgehead atoms. The zero-order valence-electron chi connectivity index (χ0n) is 22.5. The van der Waals surface area contributed by atoms with Crippen LogP contribution in [0.5, 0.6) is 0 Å². The van der Waals surface area contributed by atoms with Crippen molar-refractivity contribution in [3.05, 3.63) is 150 Å². The molecule has 194 valence electrons. The first-order valence-electron chi connectivity index (χ1n) is 13.8. The Bertz CT molecular complexity index is 2430. The first-order valence-corrected chi connectivity index (χ1v) is 13.8. The van der Waals surface area contributed by atoms with E-state index in [1.807, 2.05) is 36.4 Å². The summed E-state index contributed by atoms with van der Waals surface area (Å²) >= 11 is 0. The van der Waals surface area contributed by atoms with Gasteiger partial charge in [0.05, 0.1) is 46.0 Å². The Hall–Kier alpha value is -6.10. The van der Waals surface area contributed by atoms with Gasteiger partial charge in [0.2, 0.25) is 0 Å². The molecule has 0 unspecified atom stereocenters. The predicted molar refractivity (Wildman–Crippen MR) is 172 cm³/mol. The van der Waals surface area contributed by atoms with Gasteiger partial charge in [-0.3, -0.25) is 0 Å². The van der Waals surface area contributed by atoms with Gasteiger partial charge < -0.3 is 9.13 Å². The van der Waals surface area contributed by atoms with Gasteiger partial charge in [0.1, 0.15) is 0 Å². The van der Waals surface area contributed by atoms with E-state index in [9.17, 15) is 5.26 Å². The fraction of sp³-hybridized carbons (Fsp3) is 0. The molecule has 0 saturated heterocycles. The zero-order chi connectivity index (χ0) is 28.2. The molecule has 8 aromatic rings. The molecule has 8 rings (SSSR count). The molecule has 2 aromatic heterocycles. The predicted octanol–water partition coefficient (Wildman–Crippen LogP) is 9.97. The van der Waals surface area contributed by atoms with Gasteiger partial charge in [0.15, 0.2) is 5.69 Å². The normalized spacial score (nSPS) is 11.3. The Labute approximate surface area is 242 Å². The molecule has 0 aliphatic carbocycles. The van der Waals surface area contributed by atoms with Crippen LogP contribution >= 0.6 is 0 Å². The lowest BCUT2D eigenvalue weighted by molar-refractivity contribution is 1.13. The fourth-order valence-corrected chi connectivity index (χ4v) is 6.36. The van der Waals surface area contributed by atoms with Crippen LogP contribution in [-0.4, -0.2) is 9.13 Å². The highest BCUT2D eigenvalue weighted by Gasteiger charge is 2.20. The monoisotopic (exact) mass is 534 g/mol. The molecule has 0 atom stereocenters. The van der Waals surface area contributed by atoms with Crippen molar-refractivity contribution in [2.24, 2.45) is 0 Å². The van der Waals surface area contributed by atoms with E-state index in [0.29, 0.717) is 11.3 Å². The summed E-state index contributed by atoms with van der Waals surface area (Å²) in [5.74, 6) is 0. The fourth-order valence-electron chi connectivity index (χ4n) is 6.36. The second kappa shape index (κ2) is 9.24. The maximum absolute atomic E-state index is 9.62. The SMILES string of the molecule is [C-]#[N+]c1ccccc1-c1ccc(-n2c3ccccc3c3cccc(-n4c5ccccc5c5cc(C#N)ccc54)c32)cc1. The number of nitriles is 1. The Kier molecular flexibility index (Phi) is 5.22. The average Bonchev–Trinajstić information content (AvgIpc) is 3.57.